The van der Waals surface area contributed by atoms with Crippen molar-refractivity contribution in [2.75, 3.05) is 4.90 Å². The lowest BCUT2D eigenvalue weighted by Crippen LogP contribution is -2.14. The summed E-state index contributed by atoms with van der Waals surface area (Å²) in [7, 11) is 0. The maximum Gasteiger partial charge on any atom is 0.148 e. The minimum atomic E-state index is -0.280. The molecular formula is C40H25BrFN. The second-order valence-electron chi connectivity index (χ2n) is 10.8. The molecule has 3 heteroatoms. The van der Waals surface area contributed by atoms with Crippen molar-refractivity contribution in [3.63, 3.8) is 0 Å². The summed E-state index contributed by atoms with van der Waals surface area (Å²) in [5, 5.41) is 6.97. The highest BCUT2D eigenvalue weighted by atomic mass is 79.9. The van der Waals surface area contributed by atoms with Crippen molar-refractivity contribution in [2.45, 2.75) is 0 Å². The monoisotopic (exact) mass is 617 g/mol. The van der Waals surface area contributed by atoms with Gasteiger partial charge in [0.15, 0.2) is 0 Å². The van der Waals surface area contributed by atoms with Crippen molar-refractivity contribution in [1.29, 1.82) is 0 Å². The van der Waals surface area contributed by atoms with Crippen LogP contribution in [0, 0.1) is 5.82 Å². The molecule has 0 aliphatic carbocycles. The molecule has 0 radical (unpaired) electrons. The molecule has 0 aliphatic rings. The van der Waals surface area contributed by atoms with Crippen LogP contribution in [-0.2, 0) is 0 Å². The van der Waals surface area contributed by atoms with Gasteiger partial charge in [0, 0.05) is 21.1 Å². The Balaban J connectivity index is 1.47. The van der Waals surface area contributed by atoms with Crippen LogP contribution in [-0.4, -0.2) is 0 Å². The minimum Gasteiger partial charge on any atom is -0.307 e. The molecule has 0 unspecified atom stereocenters. The fourth-order valence-electron chi connectivity index (χ4n) is 6.37. The lowest BCUT2D eigenvalue weighted by molar-refractivity contribution is 0.630. The van der Waals surface area contributed by atoms with Crippen LogP contribution in [0.3, 0.4) is 0 Å². The summed E-state index contributed by atoms with van der Waals surface area (Å²) in [6.07, 6.45) is 0. The topological polar surface area (TPSA) is 3.24 Å². The summed E-state index contributed by atoms with van der Waals surface area (Å²) in [6, 6.07) is 51.3. The molecule has 0 fully saturated rings. The number of para-hydroxylation sites is 1. The second-order valence-corrected chi connectivity index (χ2v) is 11.7. The third-order valence-electron chi connectivity index (χ3n) is 8.32. The molecule has 0 amide bonds. The first-order valence-corrected chi connectivity index (χ1v) is 15.1. The lowest BCUT2D eigenvalue weighted by Gasteiger charge is -2.30. The highest BCUT2D eigenvalue weighted by Crippen LogP contribution is 2.48. The van der Waals surface area contributed by atoms with Gasteiger partial charge in [-0.3, -0.25) is 0 Å². The molecule has 8 aromatic rings. The predicted octanol–water partition coefficient (Wildman–Crippen LogP) is 12.3. The molecule has 0 atom stereocenters. The summed E-state index contributed by atoms with van der Waals surface area (Å²) < 4.78 is 18.0. The highest BCUT2D eigenvalue weighted by molar-refractivity contribution is 9.10. The van der Waals surface area contributed by atoms with E-state index in [9.17, 15) is 0 Å². The molecule has 0 aliphatic heterocycles. The number of anilines is 3. The van der Waals surface area contributed by atoms with Crippen LogP contribution in [0.4, 0.5) is 21.5 Å². The number of hydrogen-bond acceptors (Lipinski definition) is 1. The predicted molar refractivity (Wildman–Crippen MR) is 183 cm³/mol. The Bertz CT molecular complexity index is 2250. The van der Waals surface area contributed by atoms with E-state index in [1.54, 1.807) is 6.07 Å². The van der Waals surface area contributed by atoms with E-state index >= 15 is 4.39 Å². The third-order valence-corrected chi connectivity index (χ3v) is 9.01. The van der Waals surface area contributed by atoms with Gasteiger partial charge in [0.05, 0.1) is 11.4 Å². The van der Waals surface area contributed by atoms with Crippen molar-refractivity contribution in [1.82, 2.24) is 0 Å². The van der Waals surface area contributed by atoms with Gasteiger partial charge in [-0.05, 0) is 80.0 Å². The van der Waals surface area contributed by atoms with E-state index in [1.165, 1.54) is 21.5 Å². The second kappa shape index (κ2) is 10.4. The normalized spacial score (nSPS) is 11.5. The number of halogens is 2. The molecule has 43 heavy (non-hydrogen) atoms. The third kappa shape index (κ3) is 4.28. The Hall–Kier alpha value is -4.99. The zero-order valence-corrected chi connectivity index (χ0v) is 24.7. The molecule has 0 bridgehead atoms. The van der Waals surface area contributed by atoms with E-state index in [-0.39, 0.29) is 5.82 Å². The fraction of sp³-hybridized carbons (Fsp3) is 0. The first-order valence-electron chi connectivity index (χ1n) is 14.3. The zero-order chi connectivity index (χ0) is 28.9. The van der Waals surface area contributed by atoms with Crippen molar-refractivity contribution in [3.8, 4) is 22.3 Å². The molecule has 204 valence electrons. The zero-order valence-electron chi connectivity index (χ0n) is 23.1. The van der Waals surface area contributed by atoms with E-state index in [0.717, 1.165) is 48.9 Å². The van der Waals surface area contributed by atoms with Crippen LogP contribution in [0.15, 0.2) is 156 Å². The van der Waals surface area contributed by atoms with Crippen LogP contribution in [0.5, 0.6) is 0 Å². The maximum atomic E-state index is 16.9. The first-order chi connectivity index (χ1) is 21.2. The molecule has 0 N–H and O–H groups in total. The molecule has 0 aromatic heterocycles. The van der Waals surface area contributed by atoms with E-state index < -0.39 is 0 Å². The Labute approximate surface area is 257 Å². The molecular weight excluding hydrogens is 593 g/mol. The molecule has 1 nitrogen and oxygen atoms in total. The molecule has 0 spiro atoms. The number of benzene rings is 8. The fourth-order valence-corrected chi connectivity index (χ4v) is 6.83. The average Bonchev–Trinajstić information content (AvgIpc) is 3.07. The van der Waals surface area contributed by atoms with E-state index in [1.807, 2.05) is 78.9 Å². The summed E-state index contributed by atoms with van der Waals surface area (Å²) in [5.74, 6) is -0.280. The molecule has 0 heterocycles. The summed E-state index contributed by atoms with van der Waals surface area (Å²) in [4.78, 5) is 2.09. The quantitative estimate of drug-likeness (QED) is 0.174. The minimum absolute atomic E-state index is 0.280. The summed E-state index contributed by atoms with van der Waals surface area (Å²) >= 11 is 3.77. The molecule has 8 rings (SSSR count). The summed E-state index contributed by atoms with van der Waals surface area (Å²) in [5.41, 5.74) is 5.94. The average molecular weight is 619 g/mol. The van der Waals surface area contributed by atoms with Crippen LogP contribution >= 0.6 is 15.9 Å². The molecule has 0 saturated heterocycles. The molecule has 8 aromatic carbocycles. The Morgan fingerprint density at radius 2 is 1.05 bits per heavy atom. The Morgan fingerprint density at radius 1 is 0.488 bits per heavy atom. The SMILES string of the molecule is Fc1cc(-c2ccccc2)cc(-c2ccccc2)c1N(c1ccccc1)c1ccc2ccc3c(Br)ccc4ccc1c2c43. The standard InChI is InChI=1S/C40H25BrFN/c41-35-22-18-28-17-21-33-37(23-19-29-16-20-32(35)38(28)39(29)33)43(31-14-8-3-9-15-31)40-34(27-12-6-2-7-13-27)24-30(25-36(40)42)26-10-4-1-5-11-26/h1-25H. The number of rotatable bonds is 5. The van der Waals surface area contributed by atoms with Gasteiger partial charge < -0.3 is 4.90 Å². The van der Waals surface area contributed by atoms with Gasteiger partial charge in [-0.15, -0.1) is 0 Å². The van der Waals surface area contributed by atoms with Crippen LogP contribution in [0.2, 0.25) is 0 Å². The van der Waals surface area contributed by atoms with E-state index in [2.05, 4.69) is 87.6 Å². The van der Waals surface area contributed by atoms with Crippen molar-refractivity contribution in [3.05, 3.63) is 162 Å². The maximum absolute atomic E-state index is 16.9. The number of hydrogen-bond donors (Lipinski definition) is 0. The largest absolute Gasteiger partial charge is 0.307 e. The van der Waals surface area contributed by atoms with Gasteiger partial charge in [-0.25, -0.2) is 4.39 Å². The van der Waals surface area contributed by atoms with Gasteiger partial charge in [0.25, 0.3) is 0 Å². The van der Waals surface area contributed by atoms with Crippen molar-refractivity contribution < 1.29 is 4.39 Å². The Morgan fingerprint density at radius 3 is 1.74 bits per heavy atom. The van der Waals surface area contributed by atoms with Gasteiger partial charge >= 0.3 is 0 Å². The van der Waals surface area contributed by atoms with Crippen LogP contribution in [0.1, 0.15) is 0 Å². The summed E-state index contributed by atoms with van der Waals surface area (Å²) in [6.45, 7) is 0. The van der Waals surface area contributed by atoms with E-state index in [4.69, 9.17) is 0 Å². The number of nitrogens with zero attached hydrogens (tertiary/aromatic N) is 1. The Kier molecular flexibility index (Phi) is 6.20. The van der Waals surface area contributed by atoms with Gasteiger partial charge in [0.1, 0.15) is 5.82 Å². The lowest BCUT2D eigenvalue weighted by atomic mass is 9.92. The van der Waals surface area contributed by atoms with Gasteiger partial charge in [-0.2, -0.15) is 0 Å². The van der Waals surface area contributed by atoms with Crippen molar-refractivity contribution in [2.24, 2.45) is 0 Å². The van der Waals surface area contributed by atoms with Crippen LogP contribution in [0.25, 0.3) is 54.6 Å². The first kappa shape index (κ1) is 25.7. The van der Waals surface area contributed by atoms with Crippen molar-refractivity contribution >= 4 is 65.3 Å². The van der Waals surface area contributed by atoms with Gasteiger partial charge in [-0.1, -0.05) is 131 Å². The van der Waals surface area contributed by atoms with E-state index in [0.29, 0.717) is 5.69 Å². The van der Waals surface area contributed by atoms with Gasteiger partial charge in [0.2, 0.25) is 0 Å². The smallest absolute Gasteiger partial charge is 0.148 e. The van der Waals surface area contributed by atoms with Crippen LogP contribution < -0.4 is 4.90 Å². The molecule has 0 saturated carbocycles. The highest BCUT2D eigenvalue weighted by Gasteiger charge is 2.25.